The Morgan fingerprint density at radius 3 is 2.87 bits per heavy atom. The molecule has 1 saturated heterocycles. The highest BCUT2D eigenvalue weighted by Crippen LogP contribution is 2.18. The lowest BCUT2D eigenvalue weighted by molar-refractivity contribution is -0.145. The molecule has 0 spiro atoms. The van der Waals surface area contributed by atoms with Gasteiger partial charge in [-0.15, -0.1) is 0 Å². The molecule has 0 bridgehead atoms. The van der Waals surface area contributed by atoms with Gasteiger partial charge in [0, 0.05) is 33.2 Å². The van der Waals surface area contributed by atoms with Gasteiger partial charge in [-0.25, -0.2) is 0 Å². The molecule has 0 aliphatic carbocycles. The van der Waals surface area contributed by atoms with Crippen LogP contribution in [0, 0.1) is 5.92 Å². The van der Waals surface area contributed by atoms with Crippen molar-refractivity contribution in [3.63, 3.8) is 0 Å². The largest absolute Gasteiger partial charge is 0.469 e. The minimum atomic E-state index is -0.294. The van der Waals surface area contributed by atoms with E-state index in [2.05, 4.69) is 4.74 Å². The smallest absolute Gasteiger partial charge is 0.310 e. The van der Waals surface area contributed by atoms with E-state index < -0.39 is 0 Å². The first-order valence-corrected chi connectivity index (χ1v) is 5.03. The van der Waals surface area contributed by atoms with Gasteiger partial charge in [-0.3, -0.25) is 9.59 Å². The molecule has 1 rings (SSSR count). The van der Waals surface area contributed by atoms with Crippen molar-refractivity contribution in [2.75, 3.05) is 33.9 Å². The number of likely N-dealkylation sites (tertiary alicyclic amines) is 1. The Morgan fingerprint density at radius 2 is 2.27 bits per heavy atom. The summed E-state index contributed by atoms with van der Waals surface area (Å²) in [5.41, 5.74) is 0. The number of nitrogens with zero attached hydrogens (tertiary/aromatic N) is 1. The molecule has 1 aliphatic heterocycles. The lowest BCUT2D eigenvalue weighted by Crippen LogP contribution is -2.28. The minimum Gasteiger partial charge on any atom is -0.469 e. The highest BCUT2D eigenvalue weighted by molar-refractivity contribution is 5.86. The third-order valence-corrected chi connectivity index (χ3v) is 2.53. The van der Waals surface area contributed by atoms with E-state index in [1.54, 1.807) is 12.0 Å². The second-order valence-electron chi connectivity index (χ2n) is 3.61. The maximum Gasteiger partial charge on any atom is 0.310 e. The molecule has 0 radical (unpaired) electrons. The van der Waals surface area contributed by atoms with Gasteiger partial charge in [0.05, 0.1) is 13.0 Å². The van der Waals surface area contributed by atoms with Crippen LogP contribution >= 0.6 is 0 Å². The first kappa shape index (κ1) is 12.0. The topological polar surface area (TPSA) is 55.8 Å². The van der Waals surface area contributed by atoms with Crippen LogP contribution in [0.5, 0.6) is 0 Å². The standard InChI is InChI=1S/C10H17NO4/c1-14-5-3-4-11-7-8(6-9(11)12)10(13)15-2/h8H,3-7H2,1-2H3/t8-/m0/s1. The number of rotatable bonds is 5. The van der Waals surface area contributed by atoms with E-state index >= 15 is 0 Å². The predicted octanol–water partition coefficient (Wildman–Crippen LogP) is 0.0444. The number of carbonyl (C=O) groups is 2. The zero-order valence-electron chi connectivity index (χ0n) is 9.19. The van der Waals surface area contributed by atoms with E-state index in [1.165, 1.54) is 7.11 Å². The number of amides is 1. The van der Waals surface area contributed by atoms with E-state index in [9.17, 15) is 9.59 Å². The average molecular weight is 215 g/mol. The lowest BCUT2D eigenvalue weighted by Gasteiger charge is -2.15. The fourth-order valence-corrected chi connectivity index (χ4v) is 1.71. The summed E-state index contributed by atoms with van der Waals surface area (Å²) in [7, 11) is 2.98. The second-order valence-corrected chi connectivity index (χ2v) is 3.61. The highest BCUT2D eigenvalue weighted by atomic mass is 16.5. The van der Waals surface area contributed by atoms with E-state index in [0.29, 0.717) is 19.7 Å². The molecule has 1 fully saturated rings. The molecule has 0 N–H and O–H groups in total. The molecule has 0 aromatic heterocycles. The van der Waals surface area contributed by atoms with E-state index in [4.69, 9.17) is 4.74 Å². The van der Waals surface area contributed by atoms with Crippen LogP contribution in [0.4, 0.5) is 0 Å². The van der Waals surface area contributed by atoms with Gasteiger partial charge in [0.1, 0.15) is 0 Å². The molecule has 1 aliphatic rings. The summed E-state index contributed by atoms with van der Waals surface area (Å²) in [6.45, 7) is 1.77. The molecule has 0 aromatic rings. The van der Waals surface area contributed by atoms with Gasteiger partial charge in [0.15, 0.2) is 0 Å². The lowest BCUT2D eigenvalue weighted by atomic mass is 10.1. The van der Waals surface area contributed by atoms with E-state index in [1.807, 2.05) is 0 Å². The van der Waals surface area contributed by atoms with Crippen LogP contribution in [0.2, 0.25) is 0 Å². The summed E-state index contributed by atoms with van der Waals surface area (Å²) >= 11 is 0. The normalized spacial score (nSPS) is 20.8. The van der Waals surface area contributed by atoms with E-state index in [0.717, 1.165) is 6.42 Å². The fourth-order valence-electron chi connectivity index (χ4n) is 1.71. The maximum atomic E-state index is 11.5. The van der Waals surface area contributed by atoms with Crippen LogP contribution in [0.1, 0.15) is 12.8 Å². The van der Waals surface area contributed by atoms with Gasteiger partial charge >= 0.3 is 5.97 Å². The summed E-state index contributed by atoms with van der Waals surface area (Å²) in [4.78, 5) is 24.4. The Kier molecular flexibility index (Phi) is 4.55. The number of methoxy groups -OCH3 is 2. The molecule has 0 unspecified atom stereocenters. The molecule has 1 heterocycles. The quantitative estimate of drug-likeness (QED) is 0.480. The predicted molar refractivity (Wildman–Crippen MR) is 53.2 cm³/mol. The van der Waals surface area contributed by atoms with Crippen molar-refractivity contribution in [1.29, 1.82) is 0 Å². The Bertz CT molecular complexity index is 242. The number of hydrogen-bond donors (Lipinski definition) is 0. The molecule has 15 heavy (non-hydrogen) atoms. The van der Waals surface area contributed by atoms with Gasteiger partial charge < -0.3 is 14.4 Å². The molecule has 1 atom stereocenters. The van der Waals surface area contributed by atoms with Crippen LogP contribution in [0.3, 0.4) is 0 Å². The van der Waals surface area contributed by atoms with Gasteiger partial charge in [-0.2, -0.15) is 0 Å². The number of esters is 1. The third kappa shape index (κ3) is 3.20. The summed E-state index contributed by atoms with van der Waals surface area (Å²) in [5, 5.41) is 0. The van der Waals surface area contributed by atoms with Gasteiger partial charge in [-0.1, -0.05) is 0 Å². The van der Waals surface area contributed by atoms with E-state index in [-0.39, 0.29) is 24.2 Å². The van der Waals surface area contributed by atoms with Crippen molar-refractivity contribution in [2.24, 2.45) is 5.92 Å². The van der Waals surface area contributed by atoms with Crippen molar-refractivity contribution < 1.29 is 19.1 Å². The van der Waals surface area contributed by atoms with Crippen molar-refractivity contribution in [3.8, 4) is 0 Å². The van der Waals surface area contributed by atoms with Crippen LogP contribution in [0.15, 0.2) is 0 Å². The van der Waals surface area contributed by atoms with Crippen LogP contribution in [0.25, 0.3) is 0 Å². The molecule has 5 heteroatoms. The maximum absolute atomic E-state index is 11.5. The monoisotopic (exact) mass is 215 g/mol. The summed E-state index contributed by atoms with van der Waals surface area (Å²) < 4.78 is 9.52. The van der Waals surface area contributed by atoms with Crippen LogP contribution < -0.4 is 0 Å². The minimum absolute atomic E-state index is 0.0292. The highest BCUT2D eigenvalue weighted by Gasteiger charge is 2.34. The first-order valence-electron chi connectivity index (χ1n) is 5.03. The van der Waals surface area contributed by atoms with Crippen molar-refractivity contribution >= 4 is 11.9 Å². The Balaban J connectivity index is 2.35. The molecule has 0 saturated carbocycles. The number of ether oxygens (including phenoxy) is 2. The van der Waals surface area contributed by atoms with Gasteiger partial charge in [0.25, 0.3) is 0 Å². The molecule has 5 nitrogen and oxygen atoms in total. The SMILES string of the molecule is COCCCN1C[C@@H](C(=O)OC)CC1=O. The zero-order valence-corrected chi connectivity index (χ0v) is 9.19. The number of carbonyl (C=O) groups excluding carboxylic acids is 2. The fraction of sp³-hybridized carbons (Fsp3) is 0.800. The van der Waals surface area contributed by atoms with Crippen molar-refractivity contribution in [3.05, 3.63) is 0 Å². The van der Waals surface area contributed by atoms with Crippen LogP contribution in [-0.2, 0) is 19.1 Å². The van der Waals surface area contributed by atoms with Gasteiger partial charge in [0.2, 0.25) is 5.91 Å². The Labute approximate surface area is 89.3 Å². The molecule has 0 aromatic carbocycles. The Morgan fingerprint density at radius 1 is 1.53 bits per heavy atom. The third-order valence-electron chi connectivity index (χ3n) is 2.53. The molecule has 86 valence electrons. The summed E-state index contributed by atoms with van der Waals surface area (Å²) in [6, 6.07) is 0. The summed E-state index contributed by atoms with van der Waals surface area (Å²) in [6.07, 6.45) is 1.08. The first-order chi connectivity index (χ1) is 7.19. The Hall–Kier alpha value is -1.10. The van der Waals surface area contributed by atoms with Crippen molar-refractivity contribution in [2.45, 2.75) is 12.8 Å². The van der Waals surface area contributed by atoms with Crippen LogP contribution in [-0.4, -0.2) is 50.7 Å². The summed E-state index contributed by atoms with van der Waals surface area (Å²) in [5.74, 6) is -0.552. The molecule has 1 amide bonds. The molecular weight excluding hydrogens is 198 g/mol. The number of hydrogen-bond acceptors (Lipinski definition) is 4. The second kappa shape index (κ2) is 5.70. The molecular formula is C10H17NO4. The average Bonchev–Trinajstić information content (AvgIpc) is 2.60. The zero-order chi connectivity index (χ0) is 11.3. The van der Waals surface area contributed by atoms with Crippen molar-refractivity contribution in [1.82, 2.24) is 4.90 Å². The van der Waals surface area contributed by atoms with Gasteiger partial charge in [-0.05, 0) is 6.42 Å².